The minimum atomic E-state index is 0.410. The van der Waals surface area contributed by atoms with Gasteiger partial charge in [0.25, 0.3) is 0 Å². The molecule has 1 N–H and O–H groups in total. The molecule has 23 heavy (non-hydrogen) atoms. The van der Waals surface area contributed by atoms with Gasteiger partial charge in [-0.15, -0.1) is 0 Å². The molecule has 0 aliphatic carbocycles. The SMILES string of the molecule is Cc1ccc(C(C)C)c(OCCOc2ccccc2C=NO)c1. The normalized spacial score (nSPS) is 11.1. The topological polar surface area (TPSA) is 51.0 Å². The summed E-state index contributed by atoms with van der Waals surface area (Å²) in [6, 6.07) is 13.7. The van der Waals surface area contributed by atoms with Gasteiger partial charge in [-0.3, -0.25) is 0 Å². The second-order valence-electron chi connectivity index (χ2n) is 5.68. The highest BCUT2D eigenvalue weighted by Gasteiger charge is 2.08. The first-order chi connectivity index (χ1) is 11.1. The standard InChI is InChI=1S/C19H23NO3/c1-14(2)17-9-8-15(3)12-19(17)23-11-10-22-18-7-5-4-6-16(18)13-20-21/h4-9,12-14,21H,10-11H2,1-3H3. The van der Waals surface area contributed by atoms with E-state index in [-0.39, 0.29) is 0 Å². The third-order valence-corrected chi connectivity index (χ3v) is 3.51. The molecule has 0 atom stereocenters. The highest BCUT2D eigenvalue weighted by atomic mass is 16.5. The third-order valence-electron chi connectivity index (χ3n) is 3.51. The maximum atomic E-state index is 8.66. The summed E-state index contributed by atoms with van der Waals surface area (Å²) < 4.78 is 11.6. The number of para-hydroxylation sites is 1. The van der Waals surface area contributed by atoms with E-state index in [4.69, 9.17) is 14.7 Å². The minimum absolute atomic E-state index is 0.410. The van der Waals surface area contributed by atoms with E-state index in [1.54, 1.807) is 0 Å². The predicted octanol–water partition coefficient (Wildman–Crippen LogP) is 4.38. The molecule has 2 rings (SSSR count). The number of hydrogen-bond acceptors (Lipinski definition) is 4. The molecule has 122 valence electrons. The third kappa shape index (κ3) is 4.74. The zero-order chi connectivity index (χ0) is 16.7. The van der Waals surface area contributed by atoms with Gasteiger partial charge in [0.15, 0.2) is 0 Å². The van der Waals surface area contributed by atoms with E-state index in [0.717, 1.165) is 11.3 Å². The fourth-order valence-corrected chi connectivity index (χ4v) is 2.33. The van der Waals surface area contributed by atoms with Crippen LogP contribution in [0.3, 0.4) is 0 Å². The summed E-state index contributed by atoms with van der Waals surface area (Å²) in [5.41, 5.74) is 3.10. The molecule has 0 radical (unpaired) electrons. The molecule has 2 aromatic carbocycles. The van der Waals surface area contributed by atoms with Gasteiger partial charge in [-0.1, -0.05) is 43.3 Å². The summed E-state index contributed by atoms with van der Waals surface area (Å²) in [6.45, 7) is 7.23. The lowest BCUT2D eigenvalue weighted by Crippen LogP contribution is -2.11. The van der Waals surface area contributed by atoms with Crippen LogP contribution in [0.1, 0.15) is 36.5 Å². The molecule has 0 saturated carbocycles. The van der Waals surface area contributed by atoms with Crippen LogP contribution in [0.2, 0.25) is 0 Å². The number of benzene rings is 2. The van der Waals surface area contributed by atoms with Crippen molar-refractivity contribution < 1.29 is 14.7 Å². The fraction of sp³-hybridized carbons (Fsp3) is 0.316. The van der Waals surface area contributed by atoms with Crippen molar-refractivity contribution in [1.82, 2.24) is 0 Å². The number of aryl methyl sites for hydroxylation is 1. The smallest absolute Gasteiger partial charge is 0.128 e. The number of oxime groups is 1. The van der Waals surface area contributed by atoms with Gasteiger partial charge in [0, 0.05) is 5.56 Å². The van der Waals surface area contributed by atoms with E-state index in [1.807, 2.05) is 24.3 Å². The van der Waals surface area contributed by atoms with Gasteiger partial charge in [0.2, 0.25) is 0 Å². The molecule has 0 bridgehead atoms. The van der Waals surface area contributed by atoms with E-state index in [2.05, 4.69) is 44.1 Å². The van der Waals surface area contributed by atoms with Gasteiger partial charge >= 0.3 is 0 Å². The highest BCUT2D eigenvalue weighted by molar-refractivity contribution is 5.82. The Kier molecular flexibility index (Phi) is 6.03. The molecule has 0 fully saturated rings. The van der Waals surface area contributed by atoms with Crippen molar-refractivity contribution in [3.63, 3.8) is 0 Å². The molecule has 0 heterocycles. The Morgan fingerprint density at radius 3 is 2.43 bits per heavy atom. The molecule has 0 saturated heterocycles. The molecule has 4 nitrogen and oxygen atoms in total. The maximum absolute atomic E-state index is 8.66. The van der Waals surface area contributed by atoms with E-state index in [0.29, 0.717) is 24.9 Å². The van der Waals surface area contributed by atoms with Crippen LogP contribution in [0.15, 0.2) is 47.6 Å². The summed E-state index contributed by atoms with van der Waals surface area (Å²) in [6.07, 6.45) is 1.35. The Morgan fingerprint density at radius 1 is 1.04 bits per heavy atom. The quantitative estimate of drug-likeness (QED) is 0.357. The zero-order valence-electron chi connectivity index (χ0n) is 13.8. The lowest BCUT2D eigenvalue weighted by atomic mass is 10.0. The summed E-state index contributed by atoms with van der Waals surface area (Å²) in [5.74, 6) is 1.99. The average Bonchev–Trinajstić information content (AvgIpc) is 2.53. The van der Waals surface area contributed by atoms with Gasteiger partial charge < -0.3 is 14.7 Å². The Labute approximate surface area is 137 Å². The molecule has 0 aliphatic heterocycles. The largest absolute Gasteiger partial charge is 0.490 e. The van der Waals surface area contributed by atoms with Crippen LogP contribution >= 0.6 is 0 Å². The van der Waals surface area contributed by atoms with E-state index in [9.17, 15) is 0 Å². The first-order valence-corrected chi connectivity index (χ1v) is 7.74. The Morgan fingerprint density at radius 2 is 1.74 bits per heavy atom. The molecule has 0 unspecified atom stereocenters. The fourth-order valence-electron chi connectivity index (χ4n) is 2.33. The van der Waals surface area contributed by atoms with Gasteiger partial charge in [-0.05, 0) is 42.2 Å². The molecular weight excluding hydrogens is 290 g/mol. The number of ether oxygens (including phenoxy) is 2. The van der Waals surface area contributed by atoms with Gasteiger partial charge in [0.05, 0.1) is 6.21 Å². The molecule has 0 spiro atoms. The van der Waals surface area contributed by atoms with Crippen molar-refractivity contribution in [3.05, 3.63) is 59.2 Å². The lowest BCUT2D eigenvalue weighted by Gasteiger charge is -2.15. The van der Waals surface area contributed by atoms with Crippen molar-refractivity contribution in [3.8, 4) is 11.5 Å². The van der Waals surface area contributed by atoms with Crippen LogP contribution in [0.5, 0.6) is 11.5 Å². The average molecular weight is 313 g/mol. The summed E-state index contributed by atoms with van der Waals surface area (Å²) in [7, 11) is 0. The molecule has 4 heteroatoms. The van der Waals surface area contributed by atoms with E-state index < -0.39 is 0 Å². The lowest BCUT2D eigenvalue weighted by molar-refractivity contribution is 0.215. The second kappa shape index (κ2) is 8.22. The second-order valence-corrected chi connectivity index (χ2v) is 5.68. The number of nitrogens with zero attached hydrogens (tertiary/aromatic N) is 1. The molecule has 2 aromatic rings. The van der Waals surface area contributed by atoms with E-state index in [1.165, 1.54) is 17.3 Å². The first-order valence-electron chi connectivity index (χ1n) is 7.74. The minimum Gasteiger partial charge on any atom is -0.490 e. The monoisotopic (exact) mass is 313 g/mol. The number of rotatable bonds is 7. The molecular formula is C19H23NO3. The predicted molar refractivity (Wildman–Crippen MR) is 92.1 cm³/mol. The summed E-state index contributed by atoms with van der Waals surface area (Å²) in [4.78, 5) is 0. The Hall–Kier alpha value is -2.49. The van der Waals surface area contributed by atoms with Crippen molar-refractivity contribution in [1.29, 1.82) is 0 Å². The van der Waals surface area contributed by atoms with Crippen LogP contribution in [-0.4, -0.2) is 24.6 Å². The molecule has 0 amide bonds. The zero-order valence-corrected chi connectivity index (χ0v) is 13.8. The van der Waals surface area contributed by atoms with Crippen LogP contribution in [0.4, 0.5) is 0 Å². The van der Waals surface area contributed by atoms with Crippen LogP contribution in [0.25, 0.3) is 0 Å². The first kappa shape index (κ1) is 16.9. The highest BCUT2D eigenvalue weighted by Crippen LogP contribution is 2.27. The van der Waals surface area contributed by atoms with Crippen molar-refractivity contribution >= 4 is 6.21 Å². The van der Waals surface area contributed by atoms with Gasteiger partial charge in [-0.25, -0.2) is 0 Å². The van der Waals surface area contributed by atoms with Crippen LogP contribution < -0.4 is 9.47 Å². The molecule has 0 aliphatic rings. The van der Waals surface area contributed by atoms with Gasteiger partial charge in [-0.2, -0.15) is 0 Å². The van der Waals surface area contributed by atoms with Gasteiger partial charge in [0.1, 0.15) is 24.7 Å². The van der Waals surface area contributed by atoms with Crippen LogP contribution in [0, 0.1) is 6.92 Å². The van der Waals surface area contributed by atoms with Crippen LogP contribution in [-0.2, 0) is 0 Å². The van der Waals surface area contributed by atoms with Crippen molar-refractivity contribution in [2.45, 2.75) is 26.7 Å². The Bertz CT molecular complexity index is 665. The molecule has 0 aromatic heterocycles. The van der Waals surface area contributed by atoms with Crippen molar-refractivity contribution in [2.24, 2.45) is 5.16 Å². The number of hydrogen-bond donors (Lipinski definition) is 1. The maximum Gasteiger partial charge on any atom is 0.128 e. The Balaban J connectivity index is 1.95. The van der Waals surface area contributed by atoms with E-state index >= 15 is 0 Å². The summed E-state index contributed by atoms with van der Waals surface area (Å²) >= 11 is 0. The summed E-state index contributed by atoms with van der Waals surface area (Å²) in [5, 5.41) is 11.7. The van der Waals surface area contributed by atoms with Crippen molar-refractivity contribution in [2.75, 3.05) is 13.2 Å².